The lowest BCUT2D eigenvalue weighted by molar-refractivity contribution is 0.0697. The number of carbonyl (C=O) groups is 1. The minimum Gasteiger partial charge on any atom is -0.478 e. The third kappa shape index (κ3) is 3.98. The zero-order chi connectivity index (χ0) is 22.1. The van der Waals surface area contributed by atoms with Crippen LogP contribution in [0, 0.1) is 5.82 Å². The highest BCUT2D eigenvalue weighted by atomic mass is 19.1. The maximum atomic E-state index is 14.2. The molecule has 1 fully saturated rings. The van der Waals surface area contributed by atoms with Crippen molar-refractivity contribution in [3.63, 3.8) is 0 Å². The van der Waals surface area contributed by atoms with E-state index in [1.54, 1.807) is 31.3 Å². The Hall–Kier alpha value is -3.75. The van der Waals surface area contributed by atoms with Crippen molar-refractivity contribution in [1.82, 2.24) is 14.5 Å². The molecule has 3 aromatic rings. The summed E-state index contributed by atoms with van der Waals surface area (Å²) in [4.78, 5) is 36.2. The first kappa shape index (κ1) is 20.5. The number of hydrogen-bond donors (Lipinski definition) is 1. The van der Waals surface area contributed by atoms with Gasteiger partial charge in [0.05, 0.1) is 17.5 Å². The highest BCUT2D eigenvalue weighted by Crippen LogP contribution is 2.25. The molecule has 160 valence electrons. The van der Waals surface area contributed by atoms with Gasteiger partial charge >= 0.3 is 5.97 Å². The second-order valence-electron chi connectivity index (χ2n) is 7.53. The van der Waals surface area contributed by atoms with Crippen molar-refractivity contribution in [2.24, 2.45) is 7.05 Å². The van der Waals surface area contributed by atoms with Gasteiger partial charge < -0.3 is 14.9 Å². The summed E-state index contributed by atoms with van der Waals surface area (Å²) in [5.41, 5.74) is 1.42. The van der Waals surface area contributed by atoms with Crippen LogP contribution in [-0.4, -0.2) is 51.3 Å². The van der Waals surface area contributed by atoms with Gasteiger partial charge in [-0.05, 0) is 37.3 Å². The van der Waals surface area contributed by atoms with Crippen molar-refractivity contribution >= 4 is 17.6 Å². The summed E-state index contributed by atoms with van der Waals surface area (Å²) in [7, 11) is 1.65. The van der Waals surface area contributed by atoms with Gasteiger partial charge in [0.15, 0.2) is 5.82 Å². The third-order valence-electron chi connectivity index (χ3n) is 5.52. The average Bonchev–Trinajstić information content (AvgIpc) is 2.76. The van der Waals surface area contributed by atoms with Crippen LogP contribution in [0.25, 0.3) is 11.3 Å². The van der Waals surface area contributed by atoms with E-state index in [4.69, 9.17) is 5.11 Å². The minimum absolute atomic E-state index is 0.0172. The molecule has 1 aliphatic heterocycles. The topological polar surface area (TPSA) is 91.6 Å². The number of anilines is 2. The van der Waals surface area contributed by atoms with Crippen molar-refractivity contribution < 1.29 is 14.3 Å². The van der Waals surface area contributed by atoms with E-state index in [-0.39, 0.29) is 28.4 Å². The molecule has 0 spiro atoms. The lowest BCUT2D eigenvalue weighted by Crippen LogP contribution is -2.53. The van der Waals surface area contributed by atoms with Crippen LogP contribution in [0.4, 0.5) is 16.0 Å². The molecule has 1 atom stereocenters. The van der Waals surface area contributed by atoms with Gasteiger partial charge in [0.2, 0.25) is 5.95 Å². The highest BCUT2D eigenvalue weighted by Gasteiger charge is 2.27. The van der Waals surface area contributed by atoms with Crippen LogP contribution < -0.4 is 15.4 Å². The van der Waals surface area contributed by atoms with E-state index in [9.17, 15) is 14.0 Å². The number of carboxylic acids is 1. The molecule has 0 amide bonds. The van der Waals surface area contributed by atoms with E-state index in [0.717, 1.165) is 11.9 Å². The standard InChI is InChI=1S/C22H22FN5O3/c1-14-13-27(16-5-3-15(4-6-16)21(30)31)9-10-28(14)22-25-19(11-20(29)26(22)2)17-7-8-24-12-18(17)23/h3-8,11-12,14H,9-10,13H2,1-2H3,(H,30,31)/t14-/m1/s1. The molecule has 1 saturated heterocycles. The maximum absolute atomic E-state index is 14.2. The van der Waals surface area contributed by atoms with Gasteiger partial charge in [0.1, 0.15) is 0 Å². The second-order valence-corrected chi connectivity index (χ2v) is 7.53. The molecule has 31 heavy (non-hydrogen) atoms. The number of carboxylic acid groups (broad SMARTS) is 1. The minimum atomic E-state index is -0.956. The normalized spacial score (nSPS) is 16.4. The molecule has 1 aromatic carbocycles. The third-order valence-corrected chi connectivity index (χ3v) is 5.52. The number of halogens is 1. The van der Waals surface area contributed by atoms with Gasteiger partial charge in [-0.15, -0.1) is 0 Å². The molecule has 2 aromatic heterocycles. The average molecular weight is 423 g/mol. The van der Waals surface area contributed by atoms with Gasteiger partial charge in [-0.3, -0.25) is 14.3 Å². The first-order valence-corrected chi connectivity index (χ1v) is 9.88. The molecule has 8 nitrogen and oxygen atoms in total. The van der Waals surface area contributed by atoms with E-state index >= 15 is 0 Å². The van der Waals surface area contributed by atoms with Crippen molar-refractivity contribution in [1.29, 1.82) is 0 Å². The van der Waals surface area contributed by atoms with Crippen molar-refractivity contribution in [3.05, 3.63) is 70.5 Å². The summed E-state index contributed by atoms with van der Waals surface area (Å²) in [6.07, 6.45) is 2.57. The lowest BCUT2D eigenvalue weighted by atomic mass is 10.1. The molecule has 9 heteroatoms. The monoisotopic (exact) mass is 423 g/mol. The van der Waals surface area contributed by atoms with Gasteiger partial charge in [0, 0.05) is 56.2 Å². The van der Waals surface area contributed by atoms with E-state index in [2.05, 4.69) is 14.9 Å². The van der Waals surface area contributed by atoms with E-state index in [0.29, 0.717) is 25.6 Å². The van der Waals surface area contributed by atoms with Crippen molar-refractivity contribution in [2.75, 3.05) is 29.4 Å². The van der Waals surface area contributed by atoms with Crippen LogP contribution in [0.3, 0.4) is 0 Å². The van der Waals surface area contributed by atoms with Gasteiger partial charge in [0.25, 0.3) is 5.56 Å². The molecule has 0 bridgehead atoms. The fourth-order valence-electron chi connectivity index (χ4n) is 3.81. The number of hydrogen-bond acceptors (Lipinski definition) is 6. The number of nitrogens with zero attached hydrogens (tertiary/aromatic N) is 5. The summed E-state index contributed by atoms with van der Waals surface area (Å²) < 4.78 is 15.7. The molecule has 4 rings (SSSR count). The Bertz CT molecular complexity index is 1180. The molecule has 0 saturated carbocycles. The van der Waals surface area contributed by atoms with Crippen LogP contribution in [0.15, 0.2) is 53.6 Å². The Morgan fingerprint density at radius 2 is 1.94 bits per heavy atom. The Morgan fingerprint density at radius 1 is 1.19 bits per heavy atom. The van der Waals surface area contributed by atoms with E-state index in [1.165, 1.54) is 22.9 Å². The van der Waals surface area contributed by atoms with Crippen molar-refractivity contribution in [2.45, 2.75) is 13.0 Å². The lowest BCUT2D eigenvalue weighted by Gasteiger charge is -2.42. The first-order chi connectivity index (χ1) is 14.8. The smallest absolute Gasteiger partial charge is 0.335 e. The zero-order valence-electron chi connectivity index (χ0n) is 17.2. The highest BCUT2D eigenvalue weighted by molar-refractivity contribution is 5.88. The summed E-state index contributed by atoms with van der Waals surface area (Å²) in [5, 5.41) is 9.08. The quantitative estimate of drug-likeness (QED) is 0.689. The molecule has 1 aliphatic rings. The first-order valence-electron chi connectivity index (χ1n) is 9.88. The fraction of sp³-hybridized carbons (Fsp3) is 0.273. The molecular formula is C22H22FN5O3. The Labute approximate surface area is 178 Å². The van der Waals surface area contributed by atoms with Crippen LogP contribution in [0.5, 0.6) is 0 Å². The van der Waals surface area contributed by atoms with E-state index in [1.807, 2.05) is 11.8 Å². The molecule has 0 unspecified atom stereocenters. The second kappa shape index (κ2) is 8.17. The summed E-state index contributed by atoms with van der Waals surface area (Å²) in [6, 6.07) is 9.62. The number of pyridine rings is 1. The summed E-state index contributed by atoms with van der Waals surface area (Å²) in [6.45, 7) is 3.96. The number of rotatable bonds is 4. The van der Waals surface area contributed by atoms with E-state index < -0.39 is 11.8 Å². The zero-order valence-corrected chi connectivity index (χ0v) is 17.2. The largest absolute Gasteiger partial charge is 0.478 e. The Morgan fingerprint density at radius 3 is 2.58 bits per heavy atom. The number of aromatic carboxylic acids is 1. The Balaban J connectivity index is 1.60. The molecule has 3 heterocycles. The van der Waals surface area contributed by atoms with Crippen LogP contribution in [0.2, 0.25) is 0 Å². The van der Waals surface area contributed by atoms with Crippen LogP contribution in [0.1, 0.15) is 17.3 Å². The number of benzene rings is 1. The molecule has 0 aliphatic carbocycles. The number of piperazine rings is 1. The maximum Gasteiger partial charge on any atom is 0.335 e. The predicted molar refractivity (Wildman–Crippen MR) is 115 cm³/mol. The summed E-state index contributed by atoms with van der Waals surface area (Å²) >= 11 is 0. The molecule has 0 radical (unpaired) electrons. The molecular weight excluding hydrogens is 401 g/mol. The predicted octanol–water partition coefficient (Wildman–Crippen LogP) is 2.39. The SMILES string of the molecule is C[C@@H]1CN(c2ccc(C(=O)O)cc2)CCN1c1nc(-c2ccncc2F)cc(=O)n1C. The van der Waals surface area contributed by atoms with Crippen molar-refractivity contribution in [3.8, 4) is 11.3 Å². The van der Waals surface area contributed by atoms with Gasteiger partial charge in [-0.25, -0.2) is 14.2 Å². The Kier molecular flexibility index (Phi) is 5.41. The fourth-order valence-corrected chi connectivity index (χ4v) is 3.81. The van der Waals surface area contributed by atoms with Gasteiger partial charge in [-0.2, -0.15) is 0 Å². The molecule has 1 N–H and O–H groups in total. The summed E-state index contributed by atoms with van der Waals surface area (Å²) in [5.74, 6) is -1.01. The number of aromatic nitrogens is 3. The van der Waals surface area contributed by atoms with Crippen LogP contribution >= 0.6 is 0 Å². The van der Waals surface area contributed by atoms with Gasteiger partial charge in [-0.1, -0.05) is 0 Å². The van der Waals surface area contributed by atoms with Crippen LogP contribution in [-0.2, 0) is 7.05 Å².